The monoisotopic (exact) mass is 521 g/mol. The fourth-order valence-corrected chi connectivity index (χ4v) is 4.52. The third kappa shape index (κ3) is 5.43. The third-order valence-corrected chi connectivity index (χ3v) is 6.95. The highest BCUT2D eigenvalue weighted by Gasteiger charge is 2.29. The number of hydrogen-bond acceptors (Lipinski definition) is 2. The van der Waals surface area contributed by atoms with Gasteiger partial charge in [-0.25, -0.2) is 4.79 Å². The lowest BCUT2D eigenvalue weighted by Crippen LogP contribution is -2.35. The average Bonchev–Trinajstić information content (AvgIpc) is 3.21. The number of aryl methyl sites for hydroxylation is 4. The molecule has 1 amide bonds. The summed E-state index contributed by atoms with van der Waals surface area (Å²) in [7, 11) is 0. The first-order valence-electron chi connectivity index (χ1n) is 10.1. The van der Waals surface area contributed by atoms with E-state index >= 15 is 0 Å². The van der Waals surface area contributed by atoms with Crippen LogP contribution in [-0.2, 0) is 24.0 Å². The molecule has 0 bridgehead atoms. The molecule has 29 heavy (non-hydrogen) atoms. The Balaban J connectivity index is 0.000000186. The Morgan fingerprint density at radius 2 is 1.45 bits per heavy atom. The second kappa shape index (κ2) is 8.81. The van der Waals surface area contributed by atoms with E-state index in [1.54, 1.807) is 16.0 Å². The summed E-state index contributed by atoms with van der Waals surface area (Å²) in [6, 6.07) is 8.72. The molecule has 0 radical (unpaired) electrons. The first kappa shape index (κ1) is 22.4. The first-order chi connectivity index (χ1) is 13.5. The van der Waals surface area contributed by atoms with Crippen LogP contribution in [0.4, 0.5) is 10.5 Å². The number of halogens is 2. The van der Waals surface area contributed by atoms with Gasteiger partial charge in [0, 0.05) is 15.5 Å². The Hall–Kier alpha value is -1.33. The van der Waals surface area contributed by atoms with Gasteiger partial charge in [-0.1, -0.05) is 37.9 Å². The largest absolute Gasteiger partial charge is 0.443 e. The van der Waals surface area contributed by atoms with E-state index in [4.69, 9.17) is 4.74 Å². The lowest BCUT2D eigenvalue weighted by molar-refractivity contribution is 0.0584. The molecule has 2 aliphatic rings. The second-order valence-corrected chi connectivity index (χ2v) is 10.5. The SMILES string of the molecule is Cc1cc2c(cc1Br)CCC2.Cc1cc2c(cc1Br)CCN2C(=O)OC(C)(C)C. The van der Waals surface area contributed by atoms with Gasteiger partial charge >= 0.3 is 6.09 Å². The van der Waals surface area contributed by atoms with Crippen molar-refractivity contribution in [2.45, 2.75) is 65.9 Å². The van der Waals surface area contributed by atoms with E-state index < -0.39 is 5.60 Å². The number of rotatable bonds is 0. The number of benzene rings is 2. The van der Waals surface area contributed by atoms with E-state index in [2.05, 4.69) is 57.0 Å². The fourth-order valence-electron chi connectivity index (χ4n) is 3.74. The van der Waals surface area contributed by atoms with Crippen LogP contribution >= 0.6 is 31.9 Å². The van der Waals surface area contributed by atoms with E-state index in [9.17, 15) is 4.79 Å². The van der Waals surface area contributed by atoms with Crippen LogP contribution in [0.5, 0.6) is 0 Å². The zero-order valence-corrected chi connectivity index (χ0v) is 21.0. The van der Waals surface area contributed by atoms with Gasteiger partial charge in [-0.15, -0.1) is 0 Å². The summed E-state index contributed by atoms with van der Waals surface area (Å²) < 4.78 is 7.78. The maximum atomic E-state index is 12.1. The molecule has 1 aliphatic carbocycles. The van der Waals surface area contributed by atoms with Gasteiger partial charge < -0.3 is 4.74 Å². The van der Waals surface area contributed by atoms with Crippen molar-refractivity contribution in [1.82, 2.24) is 0 Å². The minimum atomic E-state index is -0.454. The topological polar surface area (TPSA) is 29.5 Å². The molecule has 4 rings (SSSR count). The Morgan fingerprint density at radius 1 is 0.897 bits per heavy atom. The van der Waals surface area contributed by atoms with Crippen LogP contribution in [0, 0.1) is 13.8 Å². The minimum absolute atomic E-state index is 0.261. The summed E-state index contributed by atoms with van der Waals surface area (Å²) in [5.41, 5.74) is 7.32. The number of carbonyl (C=O) groups is 1. The molecule has 0 N–H and O–H groups in total. The number of amides is 1. The van der Waals surface area contributed by atoms with Crippen LogP contribution in [0.25, 0.3) is 0 Å². The molecular formula is C24H29Br2NO2. The van der Waals surface area contributed by atoms with Crippen molar-refractivity contribution in [3.05, 3.63) is 61.0 Å². The smallest absolute Gasteiger partial charge is 0.414 e. The molecule has 5 heteroatoms. The van der Waals surface area contributed by atoms with Gasteiger partial charge in [0.05, 0.1) is 5.69 Å². The number of carbonyl (C=O) groups excluding carboxylic acids is 1. The second-order valence-electron chi connectivity index (χ2n) is 8.84. The van der Waals surface area contributed by atoms with Crippen molar-refractivity contribution in [2.24, 2.45) is 0 Å². The zero-order valence-electron chi connectivity index (χ0n) is 17.9. The lowest BCUT2D eigenvalue weighted by atomic mass is 10.1. The molecule has 2 aromatic carbocycles. The van der Waals surface area contributed by atoms with Crippen molar-refractivity contribution in [3.8, 4) is 0 Å². The Morgan fingerprint density at radius 3 is 2.07 bits per heavy atom. The normalized spacial score (nSPS) is 14.8. The highest BCUT2D eigenvalue weighted by atomic mass is 79.9. The van der Waals surface area contributed by atoms with Gasteiger partial charge in [0.25, 0.3) is 0 Å². The fraction of sp³-hybridized carbons (Fsp3) is 0.458. The highest BCUT2D eigenvalue weighted by Crippen LogP contribution is 2.34. The van der Waals surface area contributed by atoms with Gasteiger partial charge in [0.2, 0.25) is 0 Å². The standard InChI is InChI=1S/C14H18BrNO2.C10H11Br/c1-9-7-12-10(8-11(9)15)5-6-16(12)13(17)18-14(2,3)4;1-7-5-8-3-2-4-9(8)6-10(7)11/h7-8H,5-6H2,1-4H3;5-6H,2-4H2,1H3. The van der Waals surface area contributed by atoms with Crippen LogP contribution in [-0.4, -0.2) is 18.2 Å². The number of anilines is 1. The summed E-state index contributed by atoms with van der Waals surface area (Å²) in [4.78, 5) is 13.8. The zero-order chi connectivity index (χ0) is 21.3. The molecule has 156 valence electrons. The molecule has 0 fully saturated rings. The Bertz CT molecular complexity index is 902. The van der Waals surface area contributed by atoms with Crippen molar-refractivity contribution in [1.29, 1.82) is 0 Å². The highest BCUT2D eigenvalue weighted by molar-refractivity contribution is 9.10. The molecule has 2 aromatic rings. The summed E-state index contributed by atoms with van der Waals surface area (Å²) in [6.45, 7) is 10.5. The summed E-state index contributed by atoms with van der Waals surface area (Å²) in [5.74, 6) is 0. The van der Waals surface area contributed by atoms with Gasteiger partial charge in [-0.3, -0.25) is 4.90 Å². The van der Waals surface area contributed by atoms with Crippen molar-refractivity contribution in [2.75, 3.05) is 11.4 Å². The molecule has 1 heterocycles. The number of nitrogens with zero attached hydrogens (tertiary/aromatic N) is 1. The van der Waals surface area contributed by atoms with E-state index in [0.29, 0.717) is 6.54 Å². The van der Waals surface area contributed by atoms with E-state index in [1.807, 2.05) is 33.8 Å². The minimum Gasteiger partial charge on any atom is -0.443 e. The van der Waals surface area contributed by atoms with Crippen LogP contribution in [0.2, 0.25) is 0 Å². The maximum Gasteiger partial charge on any atom is 0.414 e. The van der Waals surface area contributed by atoms with E-state index in [1.165, 1.54) is 34.9 Å². The lowest BCUT2D eigenvalue weighted by Gasteiger charge is -2.25. The molecule has 0 aromatic heterocycles. The molecular weight excluding hydrogens is 494 g/mol. The molecule has 0 saturated heterocycles. The molecule has 3 nitrogen and oxygen atoms in total. The molecule has 0 unspecified atom stereocenters. The number of ether oxygens (including phenoxy) is 1. The quantitative estimate of drug-likeness (QED) is 0.363. The summed E-state index contributed by atoms with van der Waals surface area (Å²) in [6.07, 6.45) is 4.51. The Labute approximate surface area is 191 Å². The van der Waals surface area contributed by atoms with E-state index in [0.717, 1.165) is 22.1 Å². The maximum absolute atomic E-state index is 12.1. The predicted molar refractivity (Wildman–Crippen MR) is 127 cm³/mol. The van der Waals surface area contributed by atoms with Gasteiger partial charge in [0.1, 0.15) is 5.60 Å². The van der Waals surface area contributed by atoms with Crippen LogP contribution in [0.1, 0.15) is 55.0 Å². The number of hydrogen-bond donors (Lipinski definition) is 0. The molecule has 0 atom stereocenters. The van der Waals surface area contributed by atoms with Crippen LogP contribution in [0.15, 0.2) is 33.2 Å². The summed E-state index contributed by atoms with van der Waals surface area (Å²) in [5, 5.41) is 0. The van der Waals surface area contributed by atoms with Crippen LogP contribution < -0.4 is 4.90 Å². The summed E-state index contributed by atoms with van der Waals surface area (Å²) >= 11 is 7.07. The predicted octanol–water partition coefficient (Wildman–Crippen LogP) is 7.30. The number of fused-ring (bicyclic) bond motifs is 2. The van der Waals surface area contributed by atoms with Gasteiger partial charge in [-0.2, -0.15) is 0 Å². The Kier molecular flexibility index (Phi) is 6.79. The van der Waals surface area contributed by atoms with Crippen molar-refractivity contribution in [3.63, 3.8) is 0 Å². The van der Waals surface area contributed by atoms with E-state index in [-0.39, 0.29) is 6.09 Å². The van der Waals surface area contributed by atoms with Gasteiger partial charge in [0.15, 0.2) is 0 Å². The molecule has 0 spiro atoms. The molecule has 1 aliphatic heterocycles. The average molecular weight is 523 g/mol. The van der Waals surface area contributed by atoms with Crippen molar-refractivity contribution < 1.29 is 9.53 Å². The van der Waals surface area contributed by atoms with Crippen molar-refractivity contribution >= 4 is 43.6 Å². The molecule has 0 saturated carbocycles. The first-order valence-corrected chi connectivity index (χ1v) is 11.7. The van der Waals surface area contributed by atoms with Gasteiger partial charge in [-0.05, 0) is 106 Å². The van der Waals surface area contributed by atoms with Crippen LogP contribution in [0.3, 0.4) is 0 Å². The third-order valence-electron chi connectivity index (χ3n) is 5.24.